The molecule has 0 bridgehead atoms. The Hall–Kier alpha value is -2.81. The molecule has 0 amide bonds. The van der Waals surface area contributed by atoms with Crippen LogP contribution in [0.25, 0.3) is 0 Å². The molecule has 3 nitrogen and oxygen atoms in total. The number of hydrogen-bond acceptors (Lipinski definition) is 3. The van der Waals surface area contributed by atoms with E-state index in [4.69, 9.17) is 14.2 Å². The van der Waals surface area contributed by atoms with Crippen LogP contribution in [0.4, 0.5) is 0 Å². The average Bonchev–Trinajstić information content (AvgIpc) is 2.89. The predicted molar refractivity (Wildman–Crippen MR) is 158 cm³/mol. The Kier molecular flexibility index (Phi) is 8.02. The van der Waals surface area contributed by atoms with E-state index in [1.807, 2.05) is 24.3 Å². The van der Waals surface area contributed by atoms with Gasteiger partial charge in [0, 0.05) is 0 Å². The maximum absolute atomic E-state index is 6.71. The van der Waals surface area contributed by atoms with E-state index >= 15 is 0 Å². The molecular weight excluding hydrogens is 489 g/mol. The van der Waals surface area contributed by atoms with Crippen molar-refractivity contribution in [3.63, 3.8) is 0 Å². The van der Waals surface area contributed by atoms with Crippen LogP contribution in [0.2, 0.25) is 10.1 Å². The Morgan fingerprint density at radius 2 is 0.595 bits per heavy atom. The molecule has 0 fully saturated rings. The summed E-state index contributed by atoms with van der Waals surface area (Å²) in [6.07, 6.45) is 0. The Morgan fingerprint density at radius 1 is 0.378 bits per heavy atom. The Morgan fingerprint density at radius 3 is 0.784 bits per heavy atom. The van der Waals surface area contributed by atoms with Crippen LogP contribution in [0.3, 0.4) is 0 Å². The second-order valence-electron chi connectivity index (χ2n) is 11.6. The van der Waals surface area contributed by atoms with Gasteiger partial charge in [-0.1, -0.05) is 168 Å². The molecule has 0 spiro atoms. The van der Waals surface area contributed by atoms with Crippen LogP contribution >= 0.6 is 0 Å². The minimum Gasteiger partial charge on any atom is -0.246 e. The SMILES string of the molecule is CC(C)(C)[Si](OOO[Si](c1ccccc1)(c1ccccc1)C(C)(C)C)(c1ccccc1)c1ccccc1. The molecule has 0 atom stereocenters. The zero-order valence-electron chi connectivity index (χ0n) is 22.8. The Balaban J connectivity index is 1.84. The number of rotatable bonds is 8. The van der Waals surface area contributed by atoms with E-state index < -0.39 is 16.6 Å². The lowest BCUT2D eigenvalue weighted by molar-refractivity contribution is -0.428. The molecule has 4 aromatic rings. The van der Waals surface area contributed by atoms with Crippen molar-refractivity contribution in [3.05, 3.63) is 121 Å². The highest BCUT2D eigenvalue weighted by molar-refractivity contribution is 7.00. The second kappa shape index (κ2) is 10.9. The first-order chi connectivity index (χ1) is 17.6. The molecule has 0 aliphatic rings. The van der Waals surface area contributed by atoms with Gasteiger partial charge in [-0.05, 0) is 30.8 Å². The lowest BCUT2D eigenvalue weighted by Gasteiger charge is -2.44. The van der Waals surface area contributed by atoms with E-state index in [2.05, 4.69) is 139 Å². The first-order valence-corrected chi connectivity index (χ1v) is 16.7. The molecule has 192 valence electrons. The van der Waals surface area contributed by atoms with Gasteiger partial charge in [0.05, 0.1) is 0 Å². The zero-order valence-corrected chi connectivity index (χ0v) is 24.8. The molecule has 0 heterocycles. The Bertz CT molecular complexity index is 1070. The summed E-state index contributed by atoms with van der Waals surface area (Å²) >= 11 is 0. The van der Waals surface area contributed by atoms with E-state index in [1.165, 1.54) is 0 Å². The van der Waals surface area contributed by atoms with Crippen LogP contribution in [0, 0.1) is 0 Å². The summed E-state index contributed by atoms with van der Waals surface area (Å²) in [4.78, 5) is 0. The van der Waals surface area contributed by atoms with Crippen LogP contribution in [-0.2, 0) is 14.2 Å². The molecule has 0 N–H and O–H groups in total. The fourth-order valence-electron chi connectivity index (χ4n) is 5.32. The standard InChI is InChI=1S/C32H38O3Si2/c1-31(2,3)36(27-19-11-7-12-20-27,28-21-13-8-14-22-28)34-33-35-37(32(4,5)6,29-23-15-9-16-24-29)30-25-17-10-18-26-30/h7-26H,1-6H3. The molecule has 0 radical (unpaired) electrons. The molecule has 37 heavy (non-hydrogen) atoms. The molecule has 5 heteroatoms. The molecule has 0 saturated heterocycles. The summed E-state index contributed by atoms with van der Waals surface area (Å²) in [5.41, 5.74) is 0. The normalized spacial score (nSPS) is 12.9. The van der Waals surface area contributed by atoms with Crippen molar-refractivity contribution < 1.29 is 14.2 Å². The third-order valence-electron chi connectivity index (χ3n) is 7.15. The second-order valence-corrected chi connectivity index (χ2v) is 19.9. The monoisotopic (exact) mass is 526 g/mol. The molecule has 4 aromatic carbocycles. The molecule has 0 aliphatic heterocycles. The summed E-state index contributed by atoms with van der Waals surface area (Å²) in [5, 5.41) is 10.3. The van der Waals surface area contributed by atoms with Crippen LogP contribution in [0.1, 0.15) is 41.5 Å². The highest BCUT2D eigenvalue weighted by Gasteiger charge is 2.55. The van der Waals surface area contributed by atoms with Crippen molar-refractivity contribution >= 4 is 37.4 Å². The lowest BCUT2D eigenvalue weighted by Crippen LogP contribution is -2.69. The van der Waals surface area contributed by atoms with Gasteiger partial charge in [0.1, 0.15) is 0 Å². The topological polar surface area (TPSA) is 27.7 Å². The predicted octanol–water partition coefficient (Wildman–Crippen LogP) is 5.99. The number of benzene rings is 4. The molecule has 0 aromatic heterocycles. The van der Waals surface area contributed by atoms with Crippen LogP contribution in [-0.4, -0.2) is 16.6 Å². The van der Waals surface area contributed by atoms with Crippen molar-refractivity contribution in [3.8, 4) is 0 Å². The van der Waals surface area contributed by atoms with E-state index in [0.29, 0.717) is 0 Å². The quantitative estimate of drug-likeness (QED) is 0.160. The van der Waals surface area contributed by atoms with E-state index in [0.717, 1.165) is 20.7 Å². The summed E-state index contributed by atoms with van der Waals surface area (Å²) in [6, 6.07) is 41.9. The van der Waals surface area contributed by atoms with Gasteiger partial charge in [0.2, 0.25) is 0 Å². The van der Waals surface area contributed by atoms with Crippen molar-refractivity contribution in [1.29, 1.82) is 0 Å². The first-order valence-electron chi connectivity index (χ1n) is 12.9. The van der Waals surface area contributed by atoms with Gasteiger partial charge in [-0.15, -0.1) is 0 Å². The number of hydrogen-bond donors (Lipinski definition) is 0. The van der Waals surface area contributed by atoms with Gasteiger partial charge in [0.15, 0.2) is 0 Å². The Labute approximate surface area is 224 Å². The van der Waals surface area contributed by atoms with Crippen LogP contribution < -0.4 is 20.7 Å². The third-order valence-corrected chi connectivity index (χ3v) is 16.6. The van der Waals surface area contributed by atoms with Crippen molar-refractivity contribution in [2.75, 3.05) is 0 Å². The maximum atomic E-state index is 6.71. The molecule has 0 aliphatic carbocycles. The van der Waals surface area contributed by atoms with Gasteiger partial charge in [-0.3, -0.25) is 0 Å². The van der Waals surface area contributed by atoms with Gasteiger partial charge in [-0.25, -0.2) is 9.15 Å². The van der Waals surface area contributed by atoms with Gasteiger partial charge >= 0.3 is 16.6 Å². The largest absolute Gasteiger partial charge is 0.309 e. The average molecular weight is 527 g/mol. The minimum atomic E-state index is -2.94. The molecule has 0 unspecified atom stereocenters. The van der Waals surface area contributed by atoms with Gasteiger partial charge < -0.3 is 0 Å². The van der Waals surface area contributed by atoms with Crippen LogP contribution in [0.15, 0.2) is 121 Å². The van der Waals surface area contributed by atoms with Gasteiger partial charge in [-0.2, -0.15) is 0 Å². The van der Waals surface area contributed by atoms with E-state index in [9.17, 15) is 0 Å². The summed E-state index contributed by atoms with van der Waals surface area (Å²) in [6.45, 7) is 13.4. The maximum Gasteiger partial charge on any atom is 0.309 e. The minimum absolute atomic E-state index is 0.232. The van der Waals surface area contributed by atoms with E-state index in [-0.39, 0.29) is 10.1 Å². The summed E-state index contributed by atoms with van der Waals surface area (Å²) in [7, 11) is -5.87. The van der Waals surface area contributed by atoms with Crippen LogP contribution in [0.5, 0.6) is 0 Å². The smallest absolute Gasteiger partial charge is 0.246 e. The van der Waals surface area contributed by atoms with Crippen molar-refractivity contribution in [1.82, 2.24) is 0 Å². The summed E-state index contributed by atoms with van der Waals surface area (Å²) < 4.78 is 13.4. The van der Waals surface area contributed by atoms with E-state index in [1.54, 1.807) is 0 Å². The zero-order chi connectivity index (χ0) is 26.6. The summed E-state index contributed by atoms with van der Waals surface area (Å²) in [5.74, 6) is 0. The van der Waals surface area contributed by atoms with Crippen molar-refractivity contribution in [2.24, 2.45) is 0 Å². The molecular formula is C32H38O3Si2. The lowest BCUT2D eigenvalue weighted by atomic mass is 10.2. The highest BCUT2D eigenvalue weighted by atomic mass is 28.4. The molecule has 4 rings (SSSR count). The fraction of sp³-hybridized carbons (Fsp3) is 0.250. The third kappa shape index (κ3) is 5.15. The highest BCUT2D eigenvalue weighted by Crippen LogP contribution is 2.39. The first kappa shape index (κ1) is 27.2. The fourth-order valence-corrected chi connectivity index (χ4v) is 13.3. The van der Waals surface area contributed by atoms with Gasteiger partial charge in [0.25, 0.3) is 0 Å². The van der Waals surface area contributed by atoms with Crippen molar-refractivity contribution in [2.45, 2.75) is 51.6 Å². The molecule has 0 saturated carbocycles.